The van der Waals surface area contributed by atoms with Gasteiger partial charge in [0, 0.05) is 6.54 Å². The first-order valence-corrected chi connectivity index (χ1v) is 12.6. The first kappa shape index (κ1) is 27.6. The zero-order valence-corrected chi connectivity index (χ0v) is 21.7. The molecular weight excluding hydrogens is 468 g/mol. The van der Waals surface area contributed by atoms with Crippen LogP contribution in [-0.2, 0) is 16.1 Å². The summed E-state index contributed by atoms with van der Waals surface area (Å²) in [5, 5.41) is 5.77. The Kier molecular flexibility index (Phi) is 10.4. The van der Waals surface area contributed by atoms with Crippen LogP contribution in [0.25, 0.3) is 0 Å². The van der Waals surface area contributed by atoms with Crippen molar-refractivity contribution >= 4 is 12.2 Å². The third-order valence-corrected chi connectivity index (χ3v) is 5.33. The number of rotatable bonds is 11. The summed E-state index contributed by atoms with van der Waals surface area (Å²) in [6.45, 7) is 6.16. The van der Waals surface area contributed by atoms with Crippen LogP contribution in [0.4, 0.5) is 9.59 Å². The lowest BCUT2D eigenvalue weighted by atomic mass is 10.0. The lowest BCUT2D eigenvalue weighted by Crippen LogP contribution is -2.33. The van der Waals surface area contributed by atoms with Crippen LogP contribution < -0.4 is 15.4 Å². The lowest BCUT2D eigenvalue weighted by molar-refractivity contribution is 0.0527. The largest absolute Gasteiger partial charge is 0.457 e. The monoisotopic (exact) mass is 504 g/mol. The molecule has 0 aliphatic rings. The molecule has 0 radical (unpaired) electrons. The van der Waals surface area contributed by atoms with Crippen molar-refractivity contribution in [2.24, 2.45) is 0 Å². The van der Waals surface area contributed by atoms with Crippen molar-refractivity contribution in [3.05, 3.63) is 96.1 Å². The van der Waals surface area contributed by atoms with Crippen LogP contribution in [0.3, 0.4) is 0 Å². The Morgan fingerprint density at radius 2 is 1.49 bits per heavy atom. The van der Waals surface area contributed by atoms with Crippen LogP contribution in [-0.4, -0.2) is 24.3 Å². The number of para-hydroxylation sites is 1. The second kappa shape index (κ2) is 13.9. The van der Waals surface area contributed by atoms with Gasteiger partial charge < -0.3 is 24.8 Å². The molecule has 0 saturated carbocycles. The average molecular weight is 505 g/mol. The molecule has 2 N–H and O–H groups in total. The van der Waals surface area contributed by atoms with Crippen LogP contribution in [0, 0.1) is 0 Å². The number of benzene rings is 3. The highest BCUT2D eigenvalue weighted by molar-refractivity contribution is 5.68. The Hall–Kier alpha value is -4.00. The van der Waals surface area contributed by atoms with Crippen molar-refractivity contribution in [3.63, 3.8) is 0 Å². The smallest absolute Gasteiger partial charge is 0.407 e. The van der Waals surface area contributed by atoms with E-state index in [4.69, 9.17) is 14.2 Å². The number of ether oxygens (including phenoxy) is 3. The van der Waals surface area contributed by atoms with Gasteiger partial charge in [-0.05, 0) is 75.4 Å². The molecule has 0 bridgehead atoms. The van der Waals surface area contributed by atoms with Crippen molar-refractivity contribution in [2.75, 3.05) is 6.54 Å². The highest BCUT2D eigenvalue weighted by atomic mass is 16.6. The van der Waals surface area contributed by atoms with E-state index in [1.165, 1.54) is 0 Å². The minimum atomic E-state index is -0.536. The van der Waals surface area contributed by atoms with E-state index in [1.54, 1.807) is 0 Å². The molecule has 7 nitrogen and oxygen atoms in total. The molecule has 3 aromatic rings. The summed E-state index contributed by atoms with van der Waals surface area (Å²) >= 11 is 0. The summed E-state index contributed by atoms with van der Waals surface area (Å²) in [5.74, 6) is 1.42. The van der Waals surface area contributed by atoms with E-state index in [0.29, 0.717) is 18.7 Å². The minimum Gasteiger partial charge on any atom is -0.457 e. The molecule has 3 rings (SSSR count). The topological polar surface area (TPSA) is 85.9 Å². The van der Waals surface area contributed by atoms with Crippen molar-refractivity contribution in [2.45, 2.75) is 58.3 Å². The summed E-state index contributed by atoms with van der Waals surface area (Å²) < 4.78 is 16.7. The van der Waals surface area contributed by atoms with Crippen LogP contribution in [0.2, 0.25) is 0 Å². The maximum absolute atomic E-state index is 12.6. The quantitative estimate of drug-likeness (QED) is 0.271. The molecule has 0 aliphatic carbocycles. The second-order valence-electron chi connectivity index (χ2n) is 9.67. The van der Waals surface area contributed by atoms with Crippen LogP contribution in [0.15, 0.2) is 84.9 Å². The molecule has 37 heavy (non-hydrogen) atoms. The van der Waals surface area contributed by atoms with E-state index in [2.05, 4.69) is 10.6 Å². The minimum absolute atomic E-state index is 0.191. The highest BCUT2D eigenvalue weighted by Crippen LogP contribution is 2.27. The van der Waals surface area contributed by atoms with E-state index in [1.807, 2.05) is 106 Å². The van der Waals surface area contributed by atoms with Crippen LogP contribution in [0.1, 0.15) is 57.2 Å². The predicted octanol–water partition coefficient (Wildman–Crippen LogP) is 7.14. The summed E-state index contributed by atoms with van der Waals surface area (Å²) in [6.07, 6.45) is 1.23. The van der Waals surface area contributed by atoms with Crippen molar-refractivity contribution in [3.8, 4) is 11.5 Å². The van der Waals surface area contributed by atoms with Crippen molar-refractivity contribution < 1.29 is 23.8 Å². The first-order valence-electron chi connectivity index (χ1n) is 12.6. The van der Waals surface area contributed by atoms with Gasteiger partial charge in [-0.1, -0.05) is 60.7 Å². The van der Waals surface area contributed by atoms with Crippen molar-refractivity contribution in [1.82, 2.24) is 10.6 Å². The standard InChI is InChI=1S/C30H36N2O5/c1-30(2,3)37-28(33)31-20-11-10-19-27(32-29(34)35-22-23-13-6-4-7-14-23)24-15-12-18-26(21-24)36-25-16-8-5-9-17-25/h4-9,12-18,21,27H,10-11,19-20,22H2,1-3H3,(H,31,33)(H,32,34)/t27-/m0/s1. The Morgan fingerprint density at radius 3 is 2.19 bits per heavy atom. The highest BCUT2D eigenvalue weighted by Gasteiger charge is 2.18. The van der Waals surface area contributed by atoms with E-state index in [0.717, 1.165) is 29.7 Å². The molecule has 196 valence electrons. The SMILES string of the molecule is CC(C)(C)OC(=O)NCCCC[C@H](NC(=O)OCc1ccccc1)c1cccc(Oc2ccccc2)c1. The molecule has 0 saturated heterocycles. The van der Waals surface area contributed by atoms with Crippen LogP contribution >= 0.6 is 0 Å². The summed E-state index contributed by atoms with van der Waals surface area (Å²) in [5.41, 5.74) is 1.29. The maximum atomic E-state index is 12.6. The molecule has 0 fully saturated rings. The number of amides is 2. The van der Waals surface area contributed by atoms with Crippen LogP contribution in [0.5, 0.6) is 11.5 Å². The zero-order chi connectivity index (χ0) is 26.5. The molecule has 1 atom stereocenters. The molecular formula is C30H36N2O5. The van der Waals surface area contributed by atoms with Gasteiger partial charge in [0.05, 0.1) is 6.04 Å². The first-order chi connectivity index (χ1) is 17.8. The molecule has 0 unspecified atom stereocenters. The number of hydrogen-bond acceptors (Lipinski definition) is 5. The Balaban J connectivity index is 1.60. The van der Waals surface area contributed by atoms with Gasteiger partial charge in [0.25, 0.3) is 0 Å². The number of nitrogens with one attached hydrogen (secondary N) is 2. The van der Waals surface area contributed by atoms with Gasteiger partial charge in [0.15, 0.2) is 0 Å². The number of alkyl carbamates (subject to hydrolysis) is 2. The fourth-order valence-electron chi connectivity index (χ4n) is 3.63. The number of carbonyl (C=O) groups excluding carboxylic acids is 2. The van der Waals surface area contributed by atoms with E-state index < -0.39 is 17.8 Å². The number of carbonyl (C=O) groups is 2. The normalized spacial score (nSPS) is 11.8. The Bertz CT molecular complexity index is 1110. The zero-order valence-electron chi connectivity index (χ0n) is 21.7. The summed E-state index contributed by atoms with van der Waals surface area (Å²) in [6, 6.07) is 26.5. The van der Waals surface area contributed by atoms with E-state index in [-0.39, 0.29) is 12.6 Å². The third kappa shape index (κ3) is 10.7. The van der Waals surface area contributed by atoms with Crippen molar-refractivity contribution in [1.29, 1.82) is 0 Å². The molecule has 3 aromatic carbocycles. The lowest BCUT2D eigenvalue weighted by Gasteiger charge is -2.21. The molecule has 0 aliphatic heterocycles. The average Bonchev–Trinajstić information content (AvgIpc) is 2.87. The van der Waals surface area contributed by atoms with Gasteiger partial charge in [0.1, 0.15) is 23.7 Å². The fourth-order valence-corrected chi connectivity index (χ4v) is 3.63. The molecule has 7 heteroatoms. The van der Waals surface area contributed by atoms with Gasteiger partial charge in [-0.2, -0.15) is 0 Å². The van der Waals surface area contributed by atoms with E-state index in [9.17, 15) is 9.59 Å². The fraction of sp³-hybridized carbons (Fsp3) is 0.333. The maximum Gasteiger partial charge on any atom is 0.407 e. The molecule has 0 spiro atoms. The third-order valence-electron chi connectivity index (χ3n) is 5.33. The summed E-state index contributed by atoms with van der Waals surface area (Å²) in [7, 11) is 0. The van der Waals surface area contributed by atoms with Gasteiger partial charge >= 0.3 is 12.2 Å². The Labute approximate surface area is 219 Å². The Morgan fingerprint density at radius 1 is 0.811 bits per heavy atom. The van der Waals surface area contributed by atoms with Gasteiger partial charge in [0.2, 0.25) is 0 Å². The molecule has 2 amide bonds. The number of unbranched alkanes of at least 4 members (excludes halogenated alkanes) is 1. The van der Waals surface area contributed by atoms with Gasteiger partial charge in [-0.25, -0.2) is 9.59 Å². The second-order valence-corrected chi connectivity index (χ2v) is 9.67. The van der Waals surface area contributed by atoms with Gasteiger partial charge in [-0.3, -0.25) is 0 Å². The predicted molar refractivity (Wildman–Crippen MR) is 144 cm³/mol. The van der Waals surface area contributed by atoms with Gasteiger partial charge in [-0.15, -0.1) is 0 Å². The van der Waals surface area contributed by atoms with E-state index >= 15 is 0 Å². The summed E-state index contributed by atoms with van der Waals surface area (Å²) in [4.78, 5) is 24.5. The molecule has 0 heterocycles. The molecule has 0 aromatic heterocycles. The number of hydrogen-bond donors (Lipinski definition) is 2.